The smallest absolute Gasteiger partial charge is 0.154 e. The molecule has 2 N–H and O–H groups in total. The van der Waals surface area contributed by atoms with Crippen LogP contribution in [0, 0.1) is 0 Å². The van der Waals surface area contributed by atoms with Crippen LogP contribution >= 0.6 is 0 Å². The third kappa shape index (κ3) is 4.32. The number of rotatable bonds is 5. The summed E-state index contributed by atoms with van der Waals surface area (Å²) in [4.78, 5) is 0. The molecule has 2 atom stereocenters. The molecule has 20 heavy (non-hydrogen) atoms. The molecule has 0 radical (unpaired) electrons. The highest BCUT2D eigenvalue weighted by Crippen LogP contribution is 2.24. The van der Waals surface area contributed by atoms with Gasteiger partial charge >= 0.3 is 0 Å². The molecule has 1 aromatic rings. The predicted octanol–water partition coefficient (Wildman–Crippen LogP) is 3.20. The van der Waals surface area contributed by atoms with E-state index in [9.17, 15) is 8.42 Å². The van der Waals surface area contributed by atoms with E-state index in [0.717, 1.165) is 5.56 Å². The Bertz CT molecular complexity index is 527. The summed E-state index contributed by atoms with van der Waals surface area (Å²) in [6, 6.07) is 7.49. The van der Waals surface area contributed by atoms with Crippen LogP contribution in [0.25, 0.3) is 0 Å². The molecule has 0 saturated heterocycles. The minimum absolute atomic E-state index is 0.0108. The fraction of sp³-hybridized carbons (Fsp3) is 0.625. The van der Waals surface area contributed by atoms with Crippen LogP contribution < -0.4 is 5.73 Å². The van der Waals surface area contributed by atoms with E-state index < -0.39 is 15.9 Å². The summed E-state index contributed by atoms with van der Waals surface area (Å²) in [5.41, 5.74) is 8.24. The van der Waals surface area contributed by atoms with Crippen LogP contribution in [0.4, 0.5) is 0 Å². The quantitative estimate of drug-likeness (QED) is 0.908. The number of benzene rings is 1. The lowest BCUT2D eigenvalue weighted by molar-refractivity contribution is 0.573. The van der Waals surface area contributed by atoms with E-state index in [2.05, 4.69) is 20.8 Å². The van der Waals surface area contributed by atoms with Crippen LogP contribution in [-0.2, 0) is 15.3 Å². The molecule has 0 aliphatic carbocycles. The van der Waals surface area contributed by atoms with Gasteiger partial charge in [-0.05, 0) is 29.9 Å². The Morgan fingerprint density at radius 2 is 1.65 bits per heavy atom. The third-order valence-electron chi connectivity index (χ3n) is 3.80. The lowest BCUT2D eigenvalue weighted by Gasteiger charge is -2.21. The summed E-state index contributed by atoms with van der Waals surface area (Å²) >= 11 is 0. The molecule has 4 heteroatoms. The Balaban J connectivity index is 2.86. The molecule has 114 valence electrons. The van der Waals surface area contributed by atoms with Crippen molar-refractivity contribution in [2.24, 2.45) is 5.73 Å². The highest BCUT2D eigenvalue weighted by Gasteiger charge is 2.23. The summed E-state index contributed by atoms with van der Waals surface area (Å²) in [6.07, 6.45) is 0.623. The zero-order chi connectivity index (χ0) is 15.6. The van der Waals surface area contributed by atoms with Gasteiger partial charge in [0.15, 0.2) is 9.84 Å². The lowest BCUT2D eigenvalue weighted by atomic mass is 9.86. The largest absolute Gasteiger partial charge is 0.323 e. The molecule has 0 saturated carbocycles. The molecule has 3 nitrogen and oxygen atoms in total. The summed E-state index contributed by atoms with van der Waals surface area (Å²) in [5, 5.41) is -0.331. The Hall–Kier alpha value is -0.870. The Kier molecular flexibility index (Phi) is 5.39. The van der Waals surface area contributed by atoms with Gasteiger partial charge in [0.25, 0.3) is 0 Å². The fourth-order valence-electron chi connectivity index (χ4n) is 2.00. The van der Waals surface area contributed by atoms with Gasteiger partial charge in [0, 0.05) is 6.04 Å². The van der Waals surface area contributed by atoms with Gasteiger partial charge in [-0.3, -0.25) is 0 Å². The molecular formula is C16H27NO2S. The fourth-order valence-corrected chi connectivity index (χ4v) is 3.52. The predicted molar refractivity (Wildman–Crippen MR) is 85.6 cm³/mol. The number of nitrogens with two attached hydrogens (primary N) is 1. The van der Waals surface area contributed by atoms with Crippen molar-refractivity contribution < 1.29 is 8.42 Å². The van der Waals surface area contributed by atoms with Crippen molar-refractivity contribution in [1.29, 1.82) is 0 Å². The second-order valence-corrected chi connectivity index (χ2v) is 8.99. The summed E-state index contributed by atoms with van der Waals surface area (Å²) in [6.45, 7) is 10.1. The van der Waals surface area contributed by atoms with Gasteiger partial charge in [-0.15, -0.1) is 0 Å². The first-order valence-corrected chi connectivity index (χ1v) is 8.87. The van der Waals surface area contributed by atoms with Crippen LogP contribution in [0.15, 0.2) is 24.3 Å². The van der Waals surface area contributed by atoms with E-state index >= 15 is 0 Å². The second kappa shape index (κ2) is 6.27. The van der Waals surface area contributed by atoms with Gasteiger partial charge in [-0.25, -0.2) is 8.42 Å². The molecule has 0 amide bonds. The number of hydrogen-bond donors (Lipinski definition) is 1. The average molecular weight is 297 g/mol. The Morgan fingerprint density at radius 3 is 2.05 bits per heavy atom. The highest BCUT2D eigenvalue weighted by molar-refractivity contribution is 7.92. The van der Waals surface area contributed by atoms with Gasteiger partial charge in [0.2, 0.25) is 0 Å². The third-order valence-corrected chi connectivity index (χ3v) is 6.19. The molecule has 2 unspecified atom stereocenters. The first kappa shape index (κ1) is 17.2. The second-order valence-electron chi connectivity index (χ2n) is 6.53. The van der Waals surface area contributed by atoms with Crippen molar-refractivity contribution in [3.8, 4) is 0 Å². The molecular weight excluding hydrogens is 270 g/mol. The summed E-state index contributed by atoms with van der Waals surface area (Å²) in [5.74, 6) is 0.0108. The van der Waals surface area contributed by atoms with Crippen molar-refractivity contribution >= 4 is 9.84 Å². The van der Waals surface area contributed by atoms with Crippen LogP contribution in [0.3, 0.4) is 0 Å². The SMILES string of the molecule is CCC(C)S(=O)(=O)CC(N)c1ccc(C(C)(C)C)cc1. The van der Waals surface area contributed by atoms with Gasteiger partial charge in [0.1, 0.15) is 0 Å². The molecule has 0 heterocycles. The van der Waals surface area contributed by atoms with Crippen LogP contribution in [0.5, 0.6) is 0 Å². The maximum absolute atomic E-state index is 12.1. The zero-order valence-corrected chi connectivity index (χ0v) is 14.0. The molecule has 0 aliphatic rings. The summed E-state index contributed by atoms with van der Waals surface area (Å²) < 4.78 is 24.2. The van der Waals surface area contributed by atoms with E-state index in [-0.39, 0.29) is 16.4 Å². The van der Waals surface area contributed by atoms with E-state index in [0.29, 0.717) is 6.42 Å². The topological polar surface area (TPSA) is 60.2 Å². The highest BCUT2D eigenvalue weighted by atomic mass is 32.2. The molecule has 1 aromatic carbocycles. The maximum Gasteiger partial charge on any atom is 0.154 e. The Labute approximate surface area is 123 Å². The van der Waals surface area contributed by atoms with Gasteiger partial charge < -0.3 is 5.73 Å². The van der Waals surface area contributed by atoms with Crippen LogP contribution in [0.1, 0.15) is 58.2 Å². The van der Waals surface area contributed by atoms with E-state index in [1.165, 1.54) is 5.56 Å². The molecule has 0 aliphatic heterocycles. The van der Waals surface area contributed by atoms with Gasteiger partial charge in [0.05, 0.1) is 11.0 Å². The normalized spacial score (nSPS) is 15.9. The zero-order valence-electron chi connectivity index (χ0n) is 13.2. The minimum atomic E-state index is -3.12. The monoisotopic (exact) mass is 297 g/mol. The lowest BCUT2D eigenvalue weighted by Crippen LogP contribution is -2.28. The van der Waals surface area contributed by atoms with Crippen LogP contribution in [-0.4, -0.2) is 19.4 Å². The number of hydrogen-bond acceptors (Lipinski definition) is 3. The first-order valence-electron chi connectivity index (χ1n) is 7.15. The standard InChI is InChI=1S/C16H27NO2S/c1-6-12(2)20(18,19)11-15(17)13-7-9-14(10-8-13)16(3,4)5/h7-10,12,15H,6,11,17H2,1-5H3. The van der Waals surface area contributed by atoms with Crippen LogP contribution in [0.2, 0.25) is 0 Å². The van der Waals surface area contributed by atoms with E-state index in [1.807, 2.05) is 31.2 Å². The van der Waals surface area contributed by atoms with E-state index in [4.69, 9.17) is 5.73 Å². The summed E-state index contributed by atoms with van der Waals surface area (Å²) in [7, 11) is -3.12. The van der Waals surface area contributed by atoms with Crippen molar-refractivity contribution in [2.45, 2.75) is 57.7 Å². The molecule has 0 bridgehead atoms. The number of sulfone groups is 1. The van der Waals surface area contributed by atoms with Gasteiger partial charge in [-0.1, -0.05) is 52.0 Å². The average Bonchev–Trinajstić information content (AvgIpc) is 2.36. The molecule has 0 aromatic heterocycles. The van der Waals surface area contributed by atoms with Gasteiger partial charge in [-0.2, -0.15) is 0 Å². The first-order chi connectivity index (χ1) is 9.08. The molecule has 0 spiro atoms. The minimum Gasteiger partial charge on any atom is -0.323 e. The van der Waals surface area contributed by atoms with Crippen molar-refractivity contribution in [3.05, 3.63) is 35.4 Å². The molecule has 0 fully saturated rings. The molecule has 1 rings (SSSR count). The van der Waals surface area contributed by atoms with Crippen molar-refractivity contribution in [1.82, 2.24) is 0 Å². The Morgan fingerprint density at radius 1 is 1.15 bits per heavy atom. The van der Waals surface area contributed by atoms with Crippen molar-refractivity contribution in [3.63, 3.8) is 0 Å². The maximum atomic E-state index is 12.1. The van der Waals surface area contributed by atoms with Crippen molar-refractivity contribution in [2.75, 3.05) is 5.75 Å². The van der Waals surface area contributed by atoms with E-state index in [1.54, 1.807) is 6.92 Å².